The molecule has 0 atom stereocenters. The van der Waals surface area contributed by atoms with E-state index < -0.39 is 16.7 Å². The zero-order chi connectivity index (χ0) is 19.9. The van der Waals surface area contributed by atoms with Gasteiger partial charge < -0.3 is 0 Å². The van der Waals surface area contributed by atoms with Gasteiger partial charge in [-0.3, -0.25) is 10.1 Å². The molecule has 1 aliphatic heterocycles. The molecule has 2 heterocycles. The number of pyridine rings is 1. The van der Waals surface area contributed by atoms with Crippen molar-refractivity contribution in [1.82, 2.24) is 4.98 Å². The summed E-state index contributed by atoms with van der Waals surface area (Å²) in [6.45, 7) is 0. The van der Waals surface area contributed by atoms with Gasteiger partial charge >= 0.3 is 6.18 Å². The summed E-state index contributed by atoms with van der Waals surface area (Å²) in [4.78, 5) is 15.8. The van der Waals surface area contributed by atoms with Crippen molar-refractivity contribution >= 4 is 40.5 Å². The molecule has 0 saturated carbocycles. The second kappa shape index (κ2) is 6.94. The molecule has 0 bridgehead atoms. The molecular formula is C20H13F3N2O2S. The Hall–Kier alpha value is -2.87. The van der Waals surface area contributed by atoms with E-state index in [0.717, 1.165) is 22.3 Å². The number of hydrogen-bond acceptors (Lipinski definition) is 4. The molecule has 0 spiro atoms. The third-order valence-corrected chi connectivity index (χ3v) is 5.72. The number of nitro groups is 1. The number of alkyl halides is 3. The summed E-state index contributed by atoms with van der Waals surface area (Å²) in [6.07, 6.45) is -0.718. The molecule has 8 heteroatoms. The van der Waals surface area contributed by atoms with E-state index in [1.165, 1.54) is 30.0 Å². The first-order valence-corrected chi connectivity index (χ1v) is 9.42. The zero-order valence-corrected chi connectivity index (χ0v) is 15.2. The van der Waals surface area contributed by atoms with Gasteiger partial charge in [-0.25, -0.2) is 4.98 Å². The van der Waals surface area contributed by atoms with Crippen LogP contribution in [-0.4, -0.2) is 15.7 Å². The predicted molar refractivity (Wildman–Crippen MR) is 103 cm³/mol. The molecule has 2 aromatic carbocycles. The van der Waals surface area contributed by atoms with Gasteiger partial charge in [0.05, 0.1) is 27.3 Å². The number of fused-ring (bicyclic) bond motifs is 3. The van der Waals surface area contributed by atoms with E-state index >= 15 is 0 Å². The van der Waals surface area contributed by atoms with Crippen LogP contribution in [0.1, 0.15) is 22.4 Å². The number of aromatic nitrogens is 1. The minimum atomic E-state index is -4.51. The highest BCUT2D eigenvalue weighted by molar-refractivity contribution is 7.99. The van der Waals surface area contributed by atoms with Gasteiger partial charge in [-0.2, -0.15) is 13.2 Å². The lowest BCUT2D eigenvalue weighted by molar-refractivity contribution is -0.385. The molecule has 0 fully saturated rings. The Labute approximate surface area is 162 Å². The number of thioether (sulfide) groups is 1. The zero-order valence-electron chi connectivity index (χ0n) is 14.4. The van der Waals surface area contributed by atoms with E-state index in [1.807, 2.05) is 0 Å². The number of nitro benzene ring substituents is 1. The minimum absolute atomic E-state index is 0.0680. The predicted octanol–water partition coefficient (Wildman–Crippen LogP) is 5.98. The third kappa shape index (κ3) is 3.24. The topological polar surface area (TPSA) is 56.0 Å². The lowest BCUT2D eigenvalue weighted by Gasteiger charge is -2.13. The summed E-state index contributed by atoms with van der Waals surface area (Å²) in [7, 11) is 0. The Bertz CT molecular complexity index is 1130. The van der Waals surface area contributed by atoms with E-state index in [-0.39, 0.29) is 11.2 Å². The molecule has 0 aliphatic carbocycles. The third-order valence-electron chi connectivity index (χ3n) is 4.55. The van der Waals surface area contributed by atoms with Crippen LogP contribution in [0.3, 0.4) is 0 Å². The van der Waals surface area contributed by atoms with Crippen LogP contribution >= 0.6 is 11.8 Å². The van der Waals surface area contributed by atoms with E-state index in [9.17, 15) is 23.3 Å². The van der Waals surface area contributed by atoms with Gasteiger partial charge in [0.25, 0.3) is 5.69 Å². The largest absolute Gasteiger partial charge is 0.418 e. The lowest BCUT2D eigenvalue weighted by Crippen LogP contribution is -2.07. The van der Waals surface area contributed by atoms with Crippen LogP contribution in [0.15, 0.2) is 47.4 Å². The first kappa shape index (κ1) is 18.5. The average Bonchev–Trinajstić information content (AvgIpc) is 3.15. The van der Waals surface area contributed by atoms with Crippen LogP contribution < -0.4 is 0 Å². The molecule has 4 rings (SSSR count). The Morgan fingerprint density at radius 2 is 1.89 bits per heavy atom. The van der Waals surface area contributed by atoms with Gasteiger partial charge in [0.2, 0.25) is 0 Å². The van der Waals surface area contributed by atoms with Gasteiger partial charge in [-0.05, 0) is 36.3 Å². The van der Waals surface area contributed by atoms with Crippen LogP contribution in [0.2, 0.25) is 0 Å². The summed E-state index contributed by atoms with van der Waals surface area (Å²) < 4.78 is 40.4. The van der Waals surface area contributed by atoms with E-state index in [2.05, 4.69) is 4.98 Å². The summed E-state index contributed by atoms with van der Waals surface area (Å²) in [5, 5.41) is 11.7. The van der Waals surface area contributed by atoms with Crippen molar-refractivity contribution < 1.29 is 18.1 Å². The molecule has 0 radical (unpaired) electrons. The quantitative estimate of drug-likeness (QED) is 0.399. The van der Waals surface area contributed by atoms with Crippen molar-refractivity contribution in [2.75, 3.05) is 5.75 Å². The molecule has 3 aromatic rings. The van der Waals surface area contributed by atoms with Crippen LogP contribution in [0.25, 0.3) is 23.1 Å². The molecule has 1 aliphatic rings. The first-order valence-electron chi connectivity index (χ1n) is 8.43. The highest BCUT2D eigenvalue weighted by atomic mass is 32.2. The van der Waals surface area contributed by atoms with E-state index in [0.29, 0.717) is 23.1 Å². The molecule has 142 valence electrons. The highest BCUT2D eigenvalue weighted by Crippen LogP contribution is 2.42. The summed E-state index contributed by atoms with van der Waals surface area (Å²) in [5.74, 6) is 0.763. The van der Waals surface area contributed by atoms with Gasteiger partial charge in [0, 0.05) is 22.1 Å². The van der Waals surface area contributed by atoms with Crippen molar-refractivity contribution in [3.05, 3.63) is 75.0 Å². The SMILES string of the molecule is O=[N+]([O-])c1ccccc1/C=C/c1nc2c(C(F)(F)F)cccc2c2c1CCS2. The average molecular weight is 402 g/mol. The summed E-state index contributed by atoms with van der Waals surface area (Å²) >= 11 is 1.51. The maximum Gasteiger partial charge on any atom is 0.418 e. The fourth-order valence-corrected chi connectivity index (χ4v) is 4.52. The second-order valence-electron chi connectivity index (χ2n) is 6.25. The van der Waals surface area contributed by atoms with Gasteiger partial charge in [-0.15, -0.1) is 11.8 Å². The molecule has 0 unspecified atom stereocenters. The van der Waals surface area contributed by atoms with Crippen molar-refractivity contribution in [2.24, 2.45) is 0 Å². The maximum absolute atomic E-state index is 13.5. The summed E-state index contributed by atoms with van der Waals surface area (Å²) in [5.41, 5.74) is 0.736. The molecule has 1 aromatic heterocycles. The Balaban J connectivity index is 1.90. The van der Waals surface area contributed by atoms with Gasteiger partial charge in [0.15, 0.2) is 0 Å². The fraction of sp³-hybridized carbons (Fsp3) is 0.150. The first-order chi connectivity index (χ1) is 13.4. The van der Waals surface area contributed by atoms with E-state index in [1.54, 1.807) is 30.3 Å². The highest BCUT2D eigenvalue weighted by Gasteiger charge is 2.34. The second-order valence-corrected chi connectivity index (χ2v) is 7.36. The number of benzene rings is 2. The normalized spacial score (nSPS) is 14.0. The maximum atomic E-state index is 13.5. The van der Waals surface area contributed by atoms with Crippen molar-refractivity contribution in [3.8, 4) is 0 Å². The molecule has 0 N–H and O–H groups in total. The van der Waals surface area contributed by atoms with Crippen molar-refractivity contribution in [3.63, 3.8) is 0 Å². The van der Waals surface area contributed by atoms with Gasteiger partial charge in [-0.1, -0.05) is 24.3 Å². The van der Waals surface area contributed by atoms with Crippen LogP contribution in [0.4, 0.5) is 18.9 Å². The monoisotopic (exact) mass is 402 g/mol. The molecule has 28 heavy (non-hydrogen) atoms. The van der Waals surface area contributed by atoms with E-state index in [4.69, 9.17) is 0 Å². The smallest absolute Gasteiger partial charge is 0.258 e. The molecular weight excluding hydrogens is 389 g/mol. The number of halogens is 3. The number of para-hydroxylation sites is 2. The number of rotatable bonds is 3. The molecule has 0 saturated heterocycles. The van der Waals surface area contributed by atoms with Crippen LogP contribution in [0, 0.1) is 10.1 Å². The van der Waals surface area contributed by atoms with Crippen LogP contribution in [-0.2, 0) is 12.6 Å². The Morgan fingerprint density at radius 3 is 2.64 bits per heavy atom. The standard InChI is InChI=1S/C20H13F3N2O2S/c21-20(22,23)15-6-3-5-14-18(15)24-16(13-10-11-28-19(13)14)9-8-12-4-1-2-7-17(12)25(26)27/h1-9H,10-11H2/b9-8+. The number of nitrogens with zero attached hydrogens (tertiary/aromatic N) is 2. The van der Waals surface area contributed by atoms with Crippen molar-refractivity contribution in [1.29, 1.82) is 0 Å². The lowest BCUT2D eigenvalue weighted by atomic mass is 10.0. The Morgan fingerprint density at radius 1 is 1.11 bits per heavy atom. The Kier molecular flexibility index (Phi) is 4.58. The van der Waals surface area contributed by atoms with Gasteiger partial charge in [0.1, 0.15) is 0 Å². The summed E-state index contributed by atoms with van der Waals surface area (Å²) in [6, 6.07) is 10.3. The number of hydrogen-bond donors (Lipinski definition) is 0. The minimum Gasteiger partial charge on any atom is -0.258 e. The molecule has 4 nitrogen and oxygen atoms in total. The van der Waals surface area contributed by atoms with Crippen LogP contribution in [0.5, 0.6) is 0 Å². The fourth-order valence-electron chi connectivity index (χ4n) is 3.31. The molecule has 0 amide bonds. The van der Waals surface area contributed by atoms with Crippen molar-refractivity contribution in [2.45, 2.75) is 17.5 Å².